The summed E-state index contributed by atoms with van der Waals surface area (Å²) in [5.74, 6) is -0.828. The monoisotopic (exact) mass is 314 g/mol. The first-order valence-corrected chi connectivity index (χ1v) is 7.65. The SMILES string of the molecule is NCCC[C@@H](C(=O)O)N(Cc1cccnc1)Cc1cccnc1. The van der Waals surface area contributed by atoms with Gasteiger partial charge in [-0.15, -0.1) is 0 Å². The molecule has 2 aromatic rings. The van der Waals surface area contributed by atoms with Crippen LogP contribution in [0.2, 0.25) is 0 Å². The smallest absolute Gasteiger partial charge is 0.320 e. The van der Waals surface area contributed by atoms with Gasteiger partial charge >= 0.3 is 5.97 Å². The van der Waals surface area contributed by atoms with Crippen LogP contribution in [-0.2, 0) is 17.9 Å². The molecule has 6 nitrogen and oxygen atoms in total. The molecule has 0 aliphatic carbocycles. The summed E-state index contributed by atoms with van der Waals surface area (Å²) in [6.07, 6.45) is 8.13. The van der Waals surface area contributed by atoms with Crippen LogP contribution >= 0.6 is 0 Å². The lowest BCUT2D eigenvalue weighted by Crippen LogP contribution is -2.40. The minimum Gasteiger partial charge on any atom is -0.480 e. The minimum atomic E-state index is -0.828. The number of aromatic nitrogens is 2. The first-order valence-electron chi connectivity index (χ1n) is 7.65. The Morgan fingerprint density at radius 1 is 1.13 bits per heavy atom. The molecule has 3 N–H and O–H groups in total. The van der Waals surface area contributed by atoms with Gasteiger partial charge in [-0.1, -0.05) is 12.1 Å². The van der Waals surface area contributed by atoms with Crippen LogP contribution in [0.4, 0.5) is 0 Å². The molecule has 0 aliphatic heterocycles. The second kappa shape index (κ2) is 8.97. The van der Waals surface area contributed by atoms with Crippen molar-refractivity contribution in [3.8, 4) is 0 Å². The maximum absolute atomic E-state index is 11.7. The Balaban J connectivity index is 2.19. The molecule has 0 fully saturated rings. The summed E-state index contributed by atoms with van der Waals surface area (Å²) < 4.78 is 0. The molecule has 6 heteroatoms. The van der Waals surface area contributed by atoms with Gasteiger partial charge in [0, 0.05) is 37.9 Å². The number of carbonyl (C=O) groups is 1. The van der Waals surface area contributed by atoms with E-state index in [-0.39, 0.29) is 0 Å². The van der Waals surface area contributed by atoms with Crippen LogP contribution in [0.15, 0.2) is 49.1 Å². The van der Waals surface area contributed by atoms with E-state index < -0.39 is 12.0 Å². The predicted molar refractivity (Wildman–Crippen MR) is 87.4 cm³/mol. The van der Waals surface area contributed by atoms with Crippen molar-refractivity contribution in [1.29, 1.82) is 0 Å². The highest BCUT2D eigenvalue weighted by Gasteiger charge is 2.25. The lowest BCUT2D eigenvalue weighted by atomic mass is 10.1. The van der Waals surface area contributed by atoms with Crippen LogP contribution in [0.5, 0.6) is 0 Å². The van der Waals surface area contributed by atoms with Gasteiger partial charge in [0.25, 0.3) is 0 Å². The Kier molecular flexibility index (Phi) is 6.65. The summed E-state index contributed by atoms with van der Waals surface area (Å²) >= 11 is 0. The van der Waals surface area contributed by atoms with Crippen LogP contribution < -0.4 is 5.73 Å². The summed E-state index contributed by atoms with van der Waals surface area (Å²) in [7, 11) is 0. The fourth-order valence-corrected chi connectivity index (χ4v) is 2.50. The number of rotatable bonds is 9. The van der Waals surface area contributed by atoms with Crippen LogP contribution in [0.3, 0.4) is 0 Å². The molecular formula is C17H22N4O2. The van der Waals surface area contributed by atoms with Crippen molar-refractivity contribution >= 4 is 5.97 Å². The number of aliphatic carboxylic acids is 1. The summed E-state index contributed by atoms with van der Waals surface area (Å²) in [6, 6.07) is 7.02. The Hall–Kier alpha value is -2.31. The summed E-state index contributed by atoms with van der Waals surface area (Å²) in [6.45, 7) is 1.52. The molecule has 1 atom stereocenters. The Morgan fingerprint density at radius 2 is 1.70 bits per heavy atom. The van der Waals surface area contributed by atoms with Crippen molar-refractivity contribution in [2.45, 2.75) is 32.0 Å². The average Bonchev–Trinajstić information content (AvgIpc) is 2.56. The van der Waals surface area contributed by atoms with Crippen LogP contribution in [-0.4, -0.2) is 38.5 Å². The largest absolute Gasteiger partial charge is 0.480 e. The van der Waals surface area contributed by atoms with E-state index in [0.717, 1.165) is 11.1 Å². The van der Waals surface area contributed by atoms with Crippen molar-refractivity contribution in [1.82, 2.24) is 14.9 Å². The van der Waals surface area contributed by atoms with E-state index in [9.17, 15) is 9.90 Å². The summed E-state index contributed by atoms with van der Waals surface area (Å²) in [5.41, 5.74) is 7.51. The van der Waals surface area contributed by atoms with Gasteiger partial charge in [-0.2, -0.15) is 0 Å². The van der Waals surface area contributed by atoms with Crippen molar-refractivity contribution in [3.05, 3.63) is 60.2 Å². The molecule has 2 aromatic heterocycles. The number of pyridine rings is 2. The quantitative estimate of drug-likeness (QED) is 0.731. The van der Waals surface area contributed by atoms with E-state index >= 15 is 0 Å². The van der Waals surface area contributed by atoms with Gasteiger partial charge in [-0.25, -0.2) is 0 Å². The normalized spacial score (nSPS) is 12.3. The molecular weight excluding hydrogens is 292 g/mol. The Bertz CT molecular complexity index is 551. The molecule has 0 unspecified atom stereocenters. The fourth-order valence-electron chi connectivity index (χ4n) is 2.50. The van der Waals surface area contributed by atoms with Crippen LogP contribution in [0.1, 0.15) is 24.0 Å². The number of hydrogen-bond acceptors (Lipinski definition) is 5. The highest BCUT2D eigenvalue weighted by Crippen LogP contribution is 2.16. The molecule has 122 valence electrons. The van der Waals surface area contributed by atoms with Crippen LogP contribution in [0, 0.1) is 0 Å². The van der Waals surface area contributed by atoms with Gasteiger partial charge < -0.3 is 10.8 Å². The third-order valence-corrected chi connectivity index (χ3v) is 3.62. The standard InChI is InChI=1S/C17H22N4O2/c18-7-1-6-16(17(22)23)21(12-14-4-2-8-19-10-14)13-15-5-3-9-20-11-15/h2-5,8-11,16H,1,6-7,12-13,18H2,(H,22,23)/t16-/m0/s1. The molecule has 0 aromatic carbocycles. The molecule has 0 radical (unpaired) electrons. The maximum Gasteiger partial charge on any atom is 0.320 e. The maximum atomic E-state index is 11.7. The first-order chi connectivity index (χ1) is 11.2. The van der Waals surface area contributed by atoms with Crippen molar-refractivity contribution < 1.29 is 9.90 Å². The van der Waals surface area contributed by atoms with E-state index in [4.69, 9.17) is 5.73 Å². The molecule has 2 heterocycles. The predicted octanol–water partition coefficient (Wildman–Crippen LogP) is 1.67. The van der Waals surface area contributed by atoms with Gasteiger partial charge in [0.05, 0.1) is 0 Å². The van der Waals surface area contributed by atoms with Gasteiger partial charge in [0.15, 0.2) is 0 Å². The van der Waals surface area contributed by atoms with Gasteiger partial charge in [0.1, 0.15) is 6.04 Å². The summed E-state index contributed by atoms with van der Waals surface area (Å²) in [5, 5.41) is 9.61. The number of hydrogen-bond donors (Lipinski definition) is 2. The second-order valence-corrected chi connectivity index (χ2v) is 5.41. The van der Waals surface area contributed by atoms with E-state index in [1.54, 1.807) is 24.8 Å². The molecule has 0 saturated carbocycles. The van der Waals surface area contributed by atoms with Crippen molar-refractivity contribution in [3.63, 3.8) is 0 Å². The second-order valence-electron chi connectivity index (χ2n) is 5.41. The molecule has 0 aliphatic rings. The first kappa shape index (κ1) is 17.1. The zero-order valence-electron chi connectivity index (χ0n) is 13.0. The van der Waals surface area contributed by atoms with E-state index in [1.165, 1.54) is 0 Å². The van der Waals surface area contributed by atoms with Gasteiger partial charge in [0.2, 0.25) is 0 Å². The zero-order valence-corrected chi connectivity index (χ0v) is 13.0. The average molecular weight is 314 g/mol. The zero-order chi connectivity index (χ0) is 16.5. The van der Waals surface area contributed by atoms with Crippen molar-refractivity contribution in [2.24, 2.45) is 5.73 Å². The molecule has 0 amide bonds. The lowest BCUT2D eigenvalue weighted by Gasteiger charge is -2.29. The third kappa shape index (κ3) is 5.43. The molecule has 2 rings (SSSR count). The van der Waals surface area contributed by atoms with Gasteiger partial charge in [-0.05, 0) is 42.6 Å². The molecule has 0 spiro atoms. The highest BCUT2D eigenvalue weighted by molar-refractivity contribution is 5.73. The fraction of sp³-hybridized carbons (Fsp3) is 0.353. The lowest BCUT2D eigenvalue weighted by molar-refractivity contribution is -0.144. The highest BCUT2D eigenvalue weighted by atomic mass is 16.4. The van der Waals surface area contributed by atoms with Crippen molar-refractivity contribution in [2.75, 3.05) is 6.54 Å². The Labute approximate surface area is 136 Å². The molecule has 0 saturated heterocycles. The minimum absolute atomic E-state index is 0.484. The Morgan fingerprint density at radius 3 is 2.09 bits per heavy atom. The summed E-state index contributed by atoms with van der Waals surface area (Å²) in [4.78, 5) is 21.9. The van der Waals surface area contributed by atoms with E-state index in [1.807, 2.05) is 29.2 Å². The number of nitrogens with zero attached hydrogens (tertiary/aromatic N) is 3. The number of nitrogens with two attached hydrogens (primary N) is 1. The number of carboxylic acids is 1. The molecule has 0 bridgehead atoms. The van der Waals surface area contributed by atoms with E-state index in [0.29, 0.717) is 32.5 Å². The third-order valence-electron chi connectivity index (χ3n) is 3.62. The molecule has 23 heavy (non-hydrogen) atoms. The van der Waals surface area contributed by atoms with Crippen LogP contribution in [0.25, 0.3) is 0 Å². The number of carboxylic acid groups (broad SMARTS) is 1. The van der Waals surface area contributed by atoms with Gasteiger partial charge in [-0.3, -0.25) is 19.7 Å². The van der Waals surface area contributed by atoms with E-state index in [2.05, 4.69) is 9.97 Å². The topological polar surface area (TPSA) is 92.3 Å².